The molecule has 7 heteroatoms. The van der Waals surface area contributed by atoms with Gasteiger partial charge in [-0.05, 0) is 49.3 Å². The molecule has 7 nitrogen and oxygen atoms in total. The fraction of sp³-hybridized carbons (Fsp3) is 0.560. The molecule has 0 radical (unpaired) electrons. The summed E-state index contributed by atoms with van der Waals surface area (Å²) in [6.45, 7) is 1.98. The quantitative estimate of drug-likeness (QED) is 0.753. The summed E-state index contributed by atoms with van der Waals surface area (Å²) in [6.07, 6.45) is 7.20. The number of nitrogens with one attached hydrogen (secondary N) is 1. The molecule has 2 aromatic rings. The average Bonchev–Trinajstić information content (AvgIpc) is 3.45. The number of likely N-dealkylation sites (tertiary alicyclic amines) is 1. The Hall–Kier alpha value is -2.83. The Morgan fingerprint density at radius 3 is 2.81 bits per heavy atom. The zero-order valence-electron chi connectivity index (χ0n) is 18.4. The highest BCUT2D eigenvalue weighted by molar-refractivity contribution is 5.84. The van der Waals surface area contributed by atoms with Crippen molar-refractivity contribution in [1.82, 2.24) is 14.8 Å². The second-order valence-corrected chi connectivity index (χ2v) is 9.65. The number of aromatic nitrogens is 1. The van der Waals surface area contributed by atoms with Crippen LogP contribution in [0.2, 0.25) is 0 Å². The zero-order chi connectivity index (χ0) is 22.1. The van der Waals surface area contributed by atoms with E-state index in [9.17, 15) is 14.4 Å². The van der Waals surface area contributed by atoms with Crippen molar-refractivity contribution < 1.29 is 14.0 Å². The van der Waals surface area contributed by atoms with Crippen molar-refractivity contribution in [3.8, 4) is 0 Å². The minimum absolute atomic E-state index is 0.0382. The number of piperidine rings is 1. The van der Waals surface area contributed by atoms with Gasteiger partial charge in [0.15, 0.2) is 0 Å². The monoisotopic (exact) mass is 437 g/mol. The fourth-order valence-corrected chi connectivity index (χ4v) is 5.92. The van der Waals surface area contributed by atoms with Crippen LogP contribution in [0.4, 0.5) is 0 Å². The van der Waals surface area contributed by atoms with Gasteiger partial charge >= 0.3 is 0 Å². The topological polar surface area (TPSA) is 84.5 Å². The van der Waals surface area contributed by atoms with E-state index < -0.39 is 0 Å². The summed E-state index contributed by atoms with van der Waals surface area (Å²) in [7, 11) is 0. The number of furan rings is 1. The number of hydrogen-bond donors (Lipinski definition) is 1. The zero-order valence-corrected chi connectivity index (χ0v) is 18.4. The molecule has 1 saturated carbocycles. The van der Waals surface area contributed by atoms with Crippen LogP contribution < -0.4 is 10.9 Å². The predicted molar refractivity (Wildman–Crippen MR) is 119 cm³/mol. The average molecular weight is 438 g/mol. The molecule has 170 valence electrons. The summed E-state index contributed by atoms with van der Waals surface area (Å²) < 4.78 is 7.34. The fourth-order valence-electron chi connectivity index (χ4n) is 5.92. The first kappa shape index (κ1) is 21.0. The van der Waals surface area contributed by atoms with Gasteiger partial charge in [0.2, 0.25) is 11.8 Å². The molecule has 4 heterocycles. The Balaban J connectivity index is 1.13. The summed E-state index contributed by atoms with van der Waals surface area (Å²) in [6, 6.07) is 9.46. The maximum absolute atomic E-state index is 12.9. The molecule has 0 spiro atoms. The van der Waals surface area contributed by atoms with Crippen LogP contribution in [-0.4, -0.2) is 40.4 Å². The van der Waals surface area contributed by atoms with Crippen LogP contribution in [0, 0.1) is 11.8 Å². The third kappa shape index (κ3) is 4.38. The van der Waals surface area contributed by atoms with Crippen LogP contribution in [0.3, 0.4) is 0 Å². The van der Waals surface area contributed by atoms with E-state index in [0.717, 1.165) is 43.6 Å². The minimum Gasteiger partial charge on any atom is -0.469 e. The first-order chi connectivity index (χ1) is 15.6. The van der Waals surface area contributed by atoms with Gasteiger partial charge < -0.3 is 19.2 Å². The van der Waals surface area contributed by atoms with Gasteiger partial charge in [-0.25, -0.2) is 0 Å². The second-order valence-electron chi connectivity index (χ2n) is 9.65. The molecule has 32 heavy (non-hydrogen) atoms. The van der Waals surface area contributed by atoms with Crippen molar-refractivity contribution >= 4 is 11.8 Å². The number of carbonyl (C=O) groups excluding carboxylic acids is 2. The van der Waals surface area contributed by atoms with Gasteiger partial charge in [0.05, 0.1) is 6.26 Å². The Labute approximate surface area is 187 Å². The van der Waals surface area contributed by atoms with E-state index in [4.69, 9.17) is 4.42 Å². The smallest absolute Gasteiger partial charge is 0.250 e. The van der Waals surface area contributed by atoms with Gasteiger partial charge in [0, 0.05) is 62.6 Å². The minimum atomic E-state index is -0.0382. The van der Waals surface area contributed by atoms with E-state index in [2.05, 4.69) is 5.32 Å². The van der Waals surface area contributed by atoms with Crippen LogP contribution in [0.5, 0.6) is 0 Å². The summed E-state index contributed by atoms with van der Waals surface area (Å²) in [5.41, 5.74) is 1.08. The van der Waals surface area contributed by atoms with Crippen molar-refractivity contribution in [2.24, 2.45) is 11.8 Å². The van der Waals surface area contributed by atoms with E-state index in [0.29, 0.717) is 31.5 Å². The molecule has 2 bridgehead atoms. The highest BCUT2D eigenvalue weighted by atomic mass is 16.3. The molecular formula is C25H31N3O4. The normalized spacial score (nSPS) is 26.6. The van der Waals surface area contributed by atoms with Gasteiger partial charge in [0.1, 0.15) is 5.76 Å². The van der Waals surface area contributed by atoms with Gasteiger partial charge in [-0.1, -0.05) is 12.5 Å². The lowest BCUT2D eigenvalue weighted by Gasteiger charge is -2.42. The first-order valence-corrected chi connectivity index (χ1v) is 11.9. The van der Waals surface area contributed by atoms with E-state index in [-0.39, 0.29) is 42.2 Å². The third-order valence-electron chi connectivity index (χ3n) is 7.45. The molecule has 0 unspecified atom stereocenters. The molecule has 2 fully saturated rings. The molecule has 1 N–H and O–H groups in total. The predicted octanol–water partition coefficient (Wildman–Crippen LogP) is 2.69. The molecule has 1 aliphatic carbocycles. The van der Waals surface area contributed by atoms with Crippen molar-refractivity contribution in [2.75, 3.05) is 13.1 Å². The molecule has 0 aromatic carbocycles. The molecule has 2 amide bonds. The molecule has 2 aliphatic heterocycles. The number of amides is 2. The number of fused-ring (bicyclic) bond motifs is 4. The highest BCUT2D eigenvalue weighted by Gasteiger charge is 2.36. The molecule has 5 rings (SSSR count). The lowest BCUT2D eigenvalue weighted by Crippen LogP contribution is -2.49. The Morgan fingerprint density at radius 1 is 1.06 bits per heavy atom. The van der Waals surface area contributed by atoms with E-state index in [1.54, 1.807) is 12.3 Å². The van der Waals surface area contributed by atoms with Gasteiger partial charge in [-0.15, -0.1) is 0 Å². The van der Waals surface area contributed by atoms with Crippen LogP contribution in [0.1, 0.15) is 55.9 Å². The number of pyridine rings is 1. The SMILES string of the molecule is O=C(CCC(=O)N1C[C@@H]2C[C@@H](C1)c1cccc(=O)n1C2)N[C@H]1CCC[C@@H]1Cc1ccco1. The standard InChI is InChI=1S/C25H31N3O4/c29-23(26-21-6-1-4-18(21)13-20-5-3-11-32-20)9-10-24(30)27-14-17-12-19(16-27)22-7-2-8-25(31)28(22)15-17/h2-3,5,7-8,11,17-19,21H,1,4,6,9-10,12-16H2,(H,26,29)/t17-,18+,19-,21-/m0/s1. The van der Waals surface area contributed by atoms with Crippen LogP contribution in [0.15, 0.2) is 45.8 Å². The summed E-state index contributed by atoms with van der Waals surface area (Å²) >= 11 is 0. The Kier molecular flexibility index (Phi) is 5.89. The lowest BCUT2D eigenvalue weighted by molar-refractivity contribution is -0.136. The van der Waals surface area contributed by atoms with Crippen molar-refractivity contribution in [2.45, 2.75) is 63.5 Å². The van der Waals surface area contributed by atoms with Crippen molar-refractivity contribution in [3.05, 3.63) is 58.4 Å². The molecule has 4 atom stereocenters. The summed E-state index contributed by atoms with van der Waals surface area (Å²) in [4.78, 5) is 39.6. The maximum Gasteiger partial charge on any atom is 0.250 e. The maximum atomic E-state index is 12.9. The highest BCUT2D eigenvalue weighted by Crippen LogP contribution is 2.35. The molecule has 2 aromatic heterocycles. The summed E-state index contributed by atoms with van der Waals surface area (Å²) in [5, 5.41) is 3.17. The van der Waals surface area contributed by atoms with Crippen molar-refractivity contribution in [1.29, 1.82) is 0 Å². The number of carbonyl (C=O) groups is 2. The lowest BCUT2D eigenvalue weighted by atomic mass is 9.83. The molecule has 3 aliphatic rings. The molecular weight excluding hydrogens is 406 g/mol. The van der Waals surface area contributed by atoms with E-state index >= 15 is 0 Å². The second kappa shape index (κ2) is 8.96. The van der Waals surface area contributed by atoms with E-state index in [1.165, 1.54) is 0 Å². The third-order valence-corrected chi connectivity index (χ3v) is 7.45. The van der Waals surface area contributed by atoms with Gasteiger partial charge in [0.25, 0.3) is 5.56 Å². The van der Waals surface area contributed by atoms with Crippen LogP contribution in [-0.2, 0) is 22.6 Å². The molecule has 1 saturated heterocycles. The van der Waals surface area contributed by atoms with Gasteiger partial charge in [-0.3, -0.25) is 14.4 Å². The van der Waals surface area contributed by atoms with Crippen LogP contribution >= 0.6 is 0 Å². The number of rotatable bonds is 6. The Morgan fingerprint density at radius 2 is 1.97 bits per heavy atom. The number of hydrogen-bond acceptors (Lipinski definition) is 4. The largest absolute Gasteiger partial charge is 0.469 e. The summed E-state index contributed by atoms with van der Waals surface area (Å²) in [5.74, 6) is 1.87. The first-order valence-electron chi connectivity index (χ1n) is 11.9. The number of nitrogens with zero attached hydrogens (tertiary/aromatic N) is 2. The van der Waals surface area contributed by atoms with E-state index in [1.807, 2.05) is 33.7 Å². The van der Waals surface area contributed by atoms with Crippen LogP contribution in [0.25, 0.3) is 0 Å². The van der Waals surface area contributed by atoms with Crippen molar-refractivity contribution in [3.63, 3.8) is 0 Å². The van der Waals surface area contributed by atoms with Gasteiger partial charge in [-0.2, -0.15) is 0 Å². The Bertz CT molecular complexity index is 1030.